The van der Waals surface area contributed by atoms with Crippen molar-refractivity contribution in [3.05, 3.63) is 35.1 Å². The number of aromatic carboxylic acids is 1. The van der Waals surface area contributed by atoms with Crippen molar-refractivity contribution < 1.29 is 14.3 Å². The standard InChI is InChI=1S/C12H10FNO2S2/c1-2-17-9-5-3-4-7(13)10(9)11-14-8(6-18-11)12(15)16/h3-6H,2H2,1H3,(H,15,16). The highest BCUT2D eigenvalue weighted by Gasteiger charge is 2.16. The second-order valence-corrected chi connectivity index (χ2v) is 5.55. The number of carboxylic acid groups (broad SMARTS) is 1. The lowest BCUT2D eigenvalue weighted by atomic mass is 10.2. The van der Waals surface area contributed by atoms with E-state index < -0.39 is 5.97 Å². The van der Waals surface area contributed by atoms with E-state index in [1.165, 1.54) is 23.2 Å². The van der Waals surface area contributed by atoms with Gasteiger partial charge in [0.05, 0.1) is 5.56 Å². The first kappa shape index (κ1) is 13.0. The third-order valence-corrected chi connectivity index (χ3v) is 4.01. The van der Waals surface area contributed by atoms with E-state index in [0.29, 0.717) is 10.6 Å². The lowest BCUT2D eigenvalue weighted by Gasteiger charge is -2.06. The van der Waals surface area contributed by atoms with Gasteiger partial charge in [-0.1, -0.05) is 13.0 Å². The SMILES string of the molecule is CCSc1cccc(F)c1-c1nc(C(=O)O)cs1. The lowest BCUT2D eigenvalue weighted by Crippen LogP contribution is -1.96. The van der Waals surface area contributed by atoms with E-state index in [2.05, 4.69) is 4.98 Å². The zero-order valence-electron chi connectivity index (χ0n) is 9.51. The Morgan fingerprint density at radius 2 is 2.33 bits per heavy atom. The largest absolute Gasteiger partial charge is 0.476 e. The van der Waals surface area contributed by atoms with Crippen LogP contribution in [0.15, 0.2) is 28.5 Å². The molecule has 0 aliphatic carbocycles. The van der Waals surface area contributed by atoms with Gasteiger partial charge in [-0.2, -0.15) is 0 Å². The Balaban J connectivity index is 2.51. The summed E-state index contributed by atoms with van der Waals surface area (Å²) in [6.07, 6.45) is 0. The molecule has 6 heteroatoms. The molecule has 0 bridgehead atoms. The molecule has 0 spiro atoms. The number of hydrogen-bond acceptors (Lipinski definition) is 4. The van der Waals surface area contributed by atoms with Crippen molar-refractivity contribution in [2.75, 3.05) is 5.75 Å². The van der Waals surface area contributed by atoms with E-state index >= 15 is 0 Å². The first-order valence-electron chi connectivity index (χ1n) is 5.24. The van der Waals surface area contributed by atoms with E-state index in [-0.39, 0.29) is 11.5 Å². The second-order valence-electron chi connectivity index (χ2n) is 3.39. The fourth-order valence-electron chi connectivity index (χ4n) is 1.47. The van der Waals surface area contributed by atoms with E-state index in [0.717, 1.165) is 22.0 Å². The highest BCUT2D eigenvalue weighted by molar-refractivity contribution is 7.99. The number of rotatable bonds is 4. The smallest absolute Gasteiger partial charge is 0.355 e. The lowest BCUT2D eigenvalue weighted by molar-refractivity contribution is 0.0691. The van der Waals surface area contributed by atoms with Gasteiger partial charge in [-0.3, -0.25) is 0 Å². The van der Waals surface area contributed by atoms with Crippen molar-refractivity contribution in [1.82, 2.24) is 4.98 Å². The van der Waals surface area contributed by atoms with Gasteiger partial charge in [0, 0.05) is 10.3 Å². The molecule has 0 aliphatic rings. The van der Waals surface area contributed by atoms with Crippen LogP contribution in [0.2, 0.25) is 0 Å². The Morgan fingerprint density at radius 3 is 2.94 bits per heavy atom. The van der Waals surface area contributed by atoms with E-state index in [4.69, 9.17) is 5.11 Å². The van der Waals surface area contributed by atoms with Crippen molar-refractivity contribution in [3.63, 3.8) is 0 Å². The number of carboxylic acids is 1. The molecular weight excluding hydrogens is 273 g/mol. The Kier molecular flexibility index (Phi) is 3.98. The molecule has 2 rings (SSSR count). The Labute approximate surface area is 112 Å². The highest BCUT2D eigenvalue weighted by atomic mass is 32.2. The summed E-state index contributed by atoms with van der Waals surface area (Å²) in [6.45, 7) is 1.98. The second kappa shape index (κ2) is 5.49. The first-order valence-corrected chi connectivity index (χ1v) is 7.10. The van der Waals surface area contributed by atoms with Crippen LogP contribution < -0.4 is 0 Å². The minimum absolute atomic E-state index is 0.0503. The van der Waals surface area contributed by atoms with Crippen molar-refractivity contribution in [3.8, 4) is 10.6 Å². The van der Waals surface area contributed by atoms with Gasteiger partial charge in [-0.05, 0) is 17.9 Å². The molecule has 0 saturated carbocycles. The molecule has 3 nitrogen and oxygen atoms in total. The molecule has 1 aromatic carbocycles. The fraction of sp³-hybridized carbons (Fsp3) is 0.167. The van der Waals surface area contributed by atoms with Crippen LogP contribution in [-0.2, 0) is 0 Å². The molecule has 0 atom stereocenters. The van der Waals surface area contributed by atoms with Crippen molar-refractivity contribution >= 4 is 29.1 Å². The van der Waals surface area contributed by atoms with Gasteiger partial charge in [0.1, 0.15) is 10.8 Å². The molecule has 1 N–H and O–H groups in total. The first-order chi connectivity index (χ1) is 8.63. The third-order valence-electron chi connectivity index (χ3n) is 2.21. The van der Waals surface area contributed by atoms with Gasteiger partial charge in [-0.25, -0.2) is 14.2 Å². The number of hydrogen-bond donors (Lipinski definition) is 1. The molecule has 0 amide bonds. The molecular formula is C12H10FNO2S2. The molecule has 1 aromatic heterocycles. The molecule has 0 radical (unpaired) electrons. The van der Waals surface area contributed by atoms with Crippen LogP contribution in [0.3, 0.4) is 0 Å². The van der Waals surface area contributed by atoms with Crippen LogP contribution in [-0.4, -0.2) is 21.8 Å². The van der Waals surface area contributed by atoms with Crippen LogP contribution in [0.4, 0.5) is 4.39 Å². The van der Waals surface area contributed by atoms with Crippen molar-refractivity contribution in [1.29, 1.82) is 0 Å². The van der Waals surface area contributed by atoms with Crippen LogP contribution in [0.5, 0.6) is 0 Å². The van der Waals surface area contributed by atoms with Crippen molar-refractivity contribution in [2.24, 2.45) is 0 Å². The molecule has 94 valence electrons. The van der Waals surface area contributed by atoms with Gasteiger partial charge in [-0.15, -0.1) is 23.1 Å². The molecule has 18 heavy (non-hydrogen) atoms. The normalized spacial score (nSPS) is 10.6. The maximum absolute atomic E-state index is 13.9. The monoisotopic (exact) mass is 283 g/mol. The molecule has 0 unspecified atom stereocenters. The zero-order chi connectivity index (χ0) is 13.1. The molecule has 0 saturated heterocycles. The minimum Gasteiger partial charge on any atom is -0.476 e. The van der Waals surface area contributed by atoms with E-state index in [1.54, 1.807) is 6.07 Å². The van der Waals surface area contributed by atoms with Gasteiger partial charge in [0.2, 0.25) is 0 Å². The number of thioether (sulfide) groups is 1. The molecule has 0 aliphatic heterocycles. The zero-order valence-corrected chi connectivity index (χ0v) is 11.1. The summed E-state index contributed by atoms with van der Waals surface area (Å²) < 4.78 is 13.9. The summed E-state index contributed by atoms with van der Waals surface area (Å²) in [5.74, 6) is -0.661. The van der Waals surface area contributed by atoms with E-state index in [1.807, 2.05) is 13.0 Å². The Bertz CT molecular complexity index is 583. The third kappa shape index (κ3) is 2.54. The van der Waals surface area contributed by atoms with Gasteiger partial charge < -0.3 is 5.11 Å². The summed E-state index contributed by atoms with van der Waals surface area (Å²) in [7, 11) is 0. The summed E-state index contributed by atoms with van der Waals surface area (Å²) in [6, 6.07) is 4.81. The average molecular weight is 283 g/mol. The number of aromatic nitrogens is 1. The minimum atomic E-state index is -1.10. The summed E-state index contributed by atoms with van der Waals surface area (Å²) in [4.78, 5) is 15.5. The number of thiazole rings is 1. The summed E-state index contributed by atoms with van der Waals surface area (Å²) >= 11 is 2.65. The van der Waals surface area contributed by atoms with Crippen LogP contribution in [0, 0.1) is 5.82 Å². The van der Waals surface area contributed by atoms with Crippen LogP contribution in [0.25, 0.3) is 10.6 Å². The number of benzene rings is 1. The van der Waals surface area contributed by atoms with Gasteiger partial charge in [0.15, 0.2) is 5.69 Å². The predicted molar refractivity (Wildman–Crippen MR) is 70.9 cm³/mol. The van der Waals surface area contributed by atoms with Gasteiger partial charge in [0.25, 0.3) is 0 Å². The average Bonchev–Trinajstić information content (AvgIpc) is 2.79. The quantitative estimate of drug-likeness (QED) is 0.868. The number of carbonyl (C=O) groups is 1. The number of nitrogens with zero attached hydrogens (tertiary/aromatic N) is 1. The Hall–Kier alpha value is -1.40. The summed E-state index contributed by atoms with van der Waals surface area (Å²) in [5, 5.41) is 10.7. The predicted octanol–water partition coefficient (Wildman–Crippen LogP) is 3.76. The fourth-order valence-corrected chi connectivity index (χ4v) is 3.22. The molecule has 1 heterocycles. The Morgan fingerprint density at radius 1 is 1.56 bits per heavy atom. The summed E-state index contributed by atoms with van der Waals surface area (Å²) in [5.41, 5.74) is 0.340. The maximum Gasteiger partial charge on any atom is 0.355 e. The van der Waals surface area contributed by atoms with Gasteiger partial charge >= 0.3 is 5.97 Å². The topological polar surface area (TPSA) is 50.2 Å². The van der Waals surface area contributed by atoms with Crippen molar-refractivity contribution in [2.45, 2.75) is 11.8 Å². The number of halogens is 1. The maximum atomic E-state index is 13.9. The molecule has 2 aromatic rings. The highest BCUT2D eigenvalue weighted by Crippen LogP contribution is 2.35. The van der Waals surface area contributed by atoms with Crippen LogP contribution in [0.1, 0.15) is 17.4 Å². The molecule has 0 fully saturated rings. The van der Waals surface area contributed by atoms with E-state index in [9.17, 15) is 9.18 Å². The van der Waals surface area contributed by atoms with Crippen LogP contribution >= 0.6 is 23.1 Å².